The highest BCUT2D eigenvalue weighted by Gasteiger charge is 2.52. The molecular weight excluding hydrogens is 368 g/mol. The molecule has 2 bridgehead atoms. The summed E-state index contributed by atoms with van der Waals surface area (Å²) in [6.07, 6.45) is 1.92. The fraction of sp³-hybridized carbons (Fsp3) is 0.636. The van der Waals surface area contributed by atoms with E-state index in [2.05, 4.69) is 36.3 Å². The van der Waals surface area contributed by atoms with Gasteiger partial charge in [-0.15, -0.1) is 0 Å². The van der Waals surface area contributed by atoms with Gasteiger partial charge in [-0.3, -0.25) is 14.5 Å². The number of fused-ring (bicyclic) bond motifs is 4. The van der Waals surface area contributed by atoms with Crippen LogP contribution in [0, 0.1) is 0 Å². The van der Waals surface area contributed by atoms with Crippen LogP contribution in [0.25, 0.3) is 0 Å². The van der Waals surface area contributed by atoms with E-state index in [0.717, 1.165) is 31.7 Å². The highest BCUT2D eigenvalue weighted by molar-refractivity contribution is 5.82. The van der Waals surface area contributed by atoms with Gasteiger partial charge in [0.05, 0.1) is 26.2 Å². The first-order chi connectivity index (χ1) is 13.8. The molecular formula is C22H32N4O3. The molecule has 0 saturated carbocycles. The zero-order valence-corrected chi connectivity index (χ0v) is 17.9. The van der Waals surface area contributed by atoms with Gasteiger partial charge in [-0.25, -0.2) is 0 Å². The van der Waals surface area contributed by atoms with Gasteiger partial charge in [0.1, 0.15) is 5.75 Å². The number of amides is 2. The van der Waals surface area contributed by atoms with Gasteiger partial charge in [0.15, 0.2) is 0 Å². The number of carbonyl (C=O) groups excluding carboxylic acids is 2. The van der Waals surface area contributed by atoms with Crippen molar-refractivity contribution in [3.05, 3.63) is 29.3 Å². The predicted octanol–water partition coefficient (Wildman–Crippen LogP) is 0.472. The molecule has 29 heavy (non-hydrogen) atoms. The van der Waals surface area contributed by atoms with E-state index in [9.17, 15) is 9.59 Å². The molecule has 0 unspecified atom stereocenters. The van der Waals surface area contributed by atoms with Crippen molar-refractivity contribution in [2.75, 3.05) is 53.9 Å². The van der Waals surface area contributed by atoms with E-state index in [1.807, 2.05) is 22.9 Å². The minimum atomic E-state index is -0.122. The van der Waals surface area contributed by atoms with Gasteiger partial charge in [0.2, 0.25) is 11.8 Å². The van der Waals surface area contributed by atoms with Gasteiger partial charge in [-0.05, 0) is 49.7 Å². The average Bonchev–Trinajstić information content (AvgIpc) is 2.70. The molecule has 0 aromatic heterocycles. The van der Waals surface area contributed by atoms with Crippen molar-refractivity contribution in [2.45, 2.75) is 37.3 Å². The number of piperidine rings is 1. The lowest BCUT2D eigenvalue weighted by Gasteiger charge is -2.57. The van der Waals surface area contributed by atoms with Crippen molar-refractivity contribution in [2.24, 2.45) is 0 Å². The van der Waals surface area contributed by atoms with Crippen LogP contribution in [0.15, 0.2) is 18.2 Å². The number of nitrogens with one attached hydrogen (secondary N) is 1. The second kappa shape index (κ2) is 7.61. The summed E-state index contributed by atoms with van der Waals surface area (Å²) in [6.45, 7) is 5.23. The molecule has 3 atom stereocenters. The van der Waals surface area contributed by atoms with E-state index in [1.165, 1.54) is 11.1 Å². The lowest BCUT2D eigenvalue weighted by molar-refractivity contribution is -0.139. The Hall–Kier alpha value is -2.12. The third-order valence-electron chi connectivity index (χ3n) is 7.22. The summed E-state index contributed by atoms with van der Waals surface area (Å²) in [5.41, 5.74) is 2.54. The first kappa shape index (κ1) is 20.2. The fourth-order valence-corrected chi connectivity index (χ4v) is 5.54. The standard InChI is InChI=1S/C22H32N4O3/c1-22-7-9-24(2)18(11-15-5-6-16(29-4)12-17(15)22)21(22)25(3)20(28)14-26-10-8-23-19(27)13-26/h5-6,12,18,21H,7-11,13-14H2,1-4H3,(H,23,27)/t18-,21+,22-/m1/s1. The van der Waals surface area contributed by atoms with Gasteiger partial charge in [0.25, 0.3) is 0 Å². The topological polar surface area (TPSA) is 65.1 Å². The minimum Gasteiger partial charge on any atom is -0.497 e. The number of nitrogens with zero attached hydrogens (tertiary/aromatic N) is 3. The van der Waals surface area contributed by atoms with Crippen LogP contribution in [0.4, 0.5) is 0 Å². The number of ether oxygens (including phenoxy) is 1. The summed E-state index contributed by atoms with van der Waals surface area (Å²) in [5.74, 6) is 0.950. The third kappa shape index (κ3) is 3.51. The normalized spacial score (nSPS) is 29.7. The molecule has 1 aromatic carbocycles. The van der Waals surface area contributed by atoms with Crippen molar-refractivity contribution >= 4 is 11.8 Å². The molecule has 3 aliphatic rings. The van der Waals surface area contributed by atoms with Crippen LogP contribution in [-0.4, -0.2) is 92.5 Å². The van der Waals surface area contributed by atoms with Crippen molar-refractivity contribution in [3.63, 3.8) is 0 Å². The molecule has 1 aromatic rings. The van der Waals surface area contributed by atoms with Crippen molar-refractivity contribution in [1.82, 2.24) is 20.0 Å². The molecule has 4 rings (SSSR count). The van der Waals surface area contributed by atoms with E-state index in [1.54, 1.807) is 7.11 Å². The molecule has 1 N–H and O–H groups in total. The smallest absolute Gasteiger partial charge is 0.236 e. The molecule has 2 aliphatic heterocycles. The second-order valence-electron chi connectivity index (χ2n) is 8.95. The average molecular weight is 401 g/mol. The molecule has 158 valence electrons. The number of hydrogen-bond donors (Lipinski definition) is 1. The van der Waals surface area contributed by atoms with E-state index in [0.29, 0.717) is 13.1 Å². The zero-order chi connectivity index (χ0) is 20.8. The Balaban J connectivity index is 1.62. The van der Waals surface area contributed by atoms with Crippen LogP contribution in [0.2, 0.25) is 0 Å². The van der Waals surface area contributed by atoms with Crippen molar-refractivity contribution in [3.8, 4) is 5.75 Å². The Kier molecular flexibility index (Phi) is 5.29. The lowest BCUT2D eigenvalue weighted by atomic mass is 9.61. The molecule has 2 saturated heterocycles. The van der Waals surface area contributed by atoms with Crippen LogP contribution >= 0.6 is 0 Å². The molecule has 2 heterocycles. The number of rotatable bonds is 4. The van der Waals surface area contributed by atoms with E-state index < -0.39 is 0 Å². The monoisotopic (exact) mass is 400 g/mol. The van der Waals surface area contributed by atoms with Gasteiger partial charge in [-0.2, -0.15) is 0 Å². The summed E-state index contributed by atoms with van der Waals surface area (Å²) in [7, 11) is 5.80. The van der Waals surface area contributed by atoms with Gasteiger partial charge in [-0.1, -0.05) is 13.0 Å². The molecule has 7 nitrogen and oxygen atoms in total. The number of carbonyl (C=O) groups is 2. The van der Waals surface area contributed by atoms with E-state index >= 15 is 0 Å². The molecule has 0 radical (unpaired) electrons. The Morgan fingerprint density at radius 1 is 1.38 bits per heavy atom. The van der Waals surface area contributed by atoms with Gasteiger partial charge >= 0.3 is 0 Å². The number of hydrogen-bond acceptors (Lipinski definition) is 5. The summed E-state index contributed by atoms with van der Waals surface area (Å²) < 4.78 is 5.50. The fourth-order valence-electron chi connectivity index (χ4n) is 5.54. The molecule has 1 aliphatic carbocycles. The first-order valence-electron chi connectivity index (χ1n) is 10.5. The first-order valence-corrected chi connectivity index (χ1v) is 10.5. The number of piperazine rings is 1. The summed E-state index contributed by atoms with van der Waals surface area (Å²) in [5, 5.41) is 2.82. The zero-order valence-electron chi connectivity index (χ0n) is 17.9. The third-order valence-corrected chi connectivity index (χ3v) is 7.22. The highest BCUT2D eigenvalue weighted by atomic mass is 16.5. The number of likely N-dealkylation sites (tertiary alicyclic amines) is 1. The van der Waals surface area contributed by atoms with Crippen LogP contribution in [0.5, 0.6) is 5.75 Å². The molecule has 0 spiro atoms. The van der Waals surface area contributed by atoms with Crippen LogP contribution < -0.4 is 10.1 Å². The largest absolute Gasteiger partial charge is 0.497 e. The Morgan fingerprint density at radius 2 is 2.17 bits per heavy atom. The number of benzene rings is 1. The summed E-state index contributed by atoms with van der Waals surface area (Å²) >= 11 is 0. The maximum absolute atomic E-state index is 13.2. The second-order valence-corrected chi connectivity index (χ2v) is 8.95. The van der Waals surface area contributed by atoms with Crippen molar-refractivity contribution < 1.29 is 14.3 Å². The lowest BCUT2D eigenvalue weighted by Crippen LogP contribution is -2.68. The Labute approximate surface area is 173 Å². The Bertz CT molecular complexity index is 813. The molecule has 2 amide bonds. The maximum atomic E-state index is 13.2. The van der Waals surface area contributed by atoms with Gasteiger partial charge < -0.3 is 19.9 Å². The molecule has 2 fully saturated rings. The SMILES string of the molecule is COc1ccc2c(c1)[C@@]1(C)CCN(C)[C@H](C2)[C@@H]1N(C)C(=O)CN1CCNC(=O)C1. The van der Waals surface area contributed by atoms with Crippen molar-refractivity contribution in [1.29, 1.82) is 0 Å². The summed E-state index contributed by atoms with van der Waals surface area (Å²) in [6, 6.07) is 6.76. The maximum Gasteiger partial charge on any atom is 0.236 e. The predicted molar refractivity (Wildman–Crippen MR) is 111 cm³/mol. The van der Waals surface area contributed by atoms with Crippen LogP contribution in [-0.2, 0) is 21.4 Å². The number of methoxy groups -OCH3 is 1. The Morgan fingerprint density at radius 3 is 2.90 bits per heavy atom. The minimum absolute atomic E-state index is 0.00560. The van der Waals surface area contributed by atoms with E-state index in [-0.39, 0.29) is 35.9 Å². The summed E-state index contributed by atoms with van der Waals surface area (Å²) in [4.78, 5) is 31.2. The van der Waals surface area contributed by atoms with Crippen LogP contribution in [0.1, 0.15) is 24.5 Å². The number of likely N-dealkylation sites (N-methyl/N-ethyl adjacent to an activating group) is 2. The van der Waals surface area contributed by atoms with E-state index in [4.69, 9.17) is 4.74 Å². The van der Waals surface area contributed by atoms with Crippen LogP contribution in [0.3, 0.4) is 0 Å². The highest BCUT2D eigenvalue weighted by Crippen LogP contribution is 2.47. The molecule has 7 heteroatoms. The quantitative estimate of drug-likeness (QED) is 0.796. The van der Waals surface area contributed by atoms with Gasteiger partial charge in [0, 0.05) is 31.6 Å².